The molecule has 0 unspecified atom stereocenters. The maximum absolute atomic E-state index is 13.9. The first kappa shape index (κ1) is 16.5. The Morgan fingerprint density at radius 1 is 1.04 bits per heavy atom. The summed E-state index contributed by atoms with van der Waals surface area (Å²) in [6, 6.07) is 9.32. The van der Waals surface area contributed by atoms with Crippen LogP contribution in [0.4, 0.5) is 10.1 Å². The molecular formula is C18H15FN2O4. The number of nitrogens with zero attached hydrogens (tertiary/aromatic N) is 1. The molecule has 1 amide bonds. The van der Waals surface area contributed by atoms with Gasteiger partial charge in [0.2, 0.25) is 6.41 Å². The van der Waals surface area contributed by atoms with Crippen LogP contribution >= 0.6 is 0 Å². The predicted octanol–water partition coefficient (Wildman–Crippen LogP) is 3.75. The maximum atomic E-state index is 13.9. The van der Waals surface area contributed by atoms with Gasteiger partial charge in [-0.3, -0.25) is 9.78 Å². The van der Waals surface area contributed by atoms with Gasteiger partial charge in [-0.1, -0.05) is 0 Å². The number of nitrogens with one attached hydrogen (secondary N) is 1. The minimum absolute atomic E-state index is 0.0772. The fourth-order valence-corrected chi connectivity index (χ4v) is 2.40. The number of pyridine rings is 1. The van der Waals surface area contributed by atoms with E-state index in [2.05, 4.69) is 10.3 Å². The van der Waals surface area contributed by atoms with E-state index in [0.717, 1.165) is 0 Å². The molecule has 0 radical (unpaired) electrons. The molecule has 0 saturated carbocycles. The van der Waals surface area contributed by atoms with E-state index in [1.807, 2.05) is 0 Å². The molecule has 0 fully saturated rings. The number of halogens is 1. The number of hydrogen-bond acceptors (Lipinski definition) is 5. The van der Waals surface area contributed by atoms with E-state index in [1.165, 1.54) is 19.2 Å². The Hall–Kier alpha value is -3.35. The number of aromatic nitrogens is 1. The molecule has 0 saturated heterocycles. The second-order valence-electron chi connectivity index (χ2n) is 5.04. The highest BCUT2D eigenvalue weighted by Crippen LogP contribution is 2.37. The Kier molecular flexibility index (Phi) is 4.65. The molecule has 0 aliphatic rings. The minimum Gasteiger partial charge on any atom is -0.493 e. The number of fused-ring (bicyclic) bond motifs is 1. The van der Waals surface area contributed by atoms with Gasteiger partial charge >= 0.3 is 0 Å². The molecule has 0 aliphatic carbocycles. The Bertz CT molecular complexity index is 930. The molecule has 1 aromatic heterocycles. The predicted molar refractivity (Wildman–Crippen MR) is 91.0 cm³/mol. The van der Waals surface area contributed by atoms with Crippen LogP contribution in [0.2, 0.25) is 0 Å². The van der Waals surface area contributed by atoms with Gasteiger partial charge in [0.25, 0.3) is 0 Å². The molecule has 0 bridgehead atoms. The van der Waals surface area contributed by atoms with Crippen LogP contribution in [0.5, 0.6) is 23.0 Å². The van der Waals surface area contributed by atoms with Crippen molar-refractivity contribution in [3.8, 4) is 23.0 Å². The number of carbonyl (C=O) groups is 1. The van der Waals surface area contributed by atoms with Crippen LogP contribution in [-0.2, 0) is 4.79 Å². The van der Waals surface area contributed by atoms with Gasteiger partial charge < -0.3 is 19.5 Å². The van der Waals surface area contributed by atoms with Crippen molar-refractivity contribution in [3.63, 3.8) is 0 Å². The fraction of sp³-hybridized carbons (Fsp3) is 0.111. The Labute approximate surface area is 143 Å². The van der Waals surface area contributed by atoms with E-state index in [-0.39, 0.29) is 11.4 Å². The number of anilines is 1. The smallest absolute Gasteiger partial charge is 0.211 e. The molecule has 7 heteroatoms. The van der Waals surface area contributed by atoms with Crippen LogP contribution < -0.4 is 19.5 Å². The Morgan fingerprint density at radius 3 is 2.48 bits per heavy atom. The number of carbonyl (C=O) groups excluding carboxylic acids is 1. The van der Waals surface area contributed by atoms with Crippen LogP contribution in [0.3, 0.4) is 0 Å². The van der Waals surface area contributed by atoms with Crippen LogP contribution in [0.1, 0.15) is 0 Å². The first-order valence-corrected chi connectivity index (χ1v) is 7.34. The summed E-state index contributed by atoms with van der Waals surface area (Å²) in [6.07, 6.45) is 2.00. The largest absolute Gasteiger partial charge is 0.493 e. The third kappa shape index (κ3) is 3.30. The lowest BCUT2D eigenvalue weighted by Crippen LogP contribution is -1.97. The van der Waals surface area contributed by atoms with E-state index < -0.39 is 5.82 Å². The molecular weight excluding hydrogens is 327 g/mol. The molecule has 0 atom stereocenters. The first-order valence-electron chi connectivity index (χ1n) is 7.34. The van der Waals surface area contributed by atoms with Gasteiger partial charge in [-0.05, 0) is 24.3 Å². The lowest BCUT2D eigenvalue weighted by atomic mass is 10.2. The van der Waals surface area contributed by atoms with Gasteiger partial charge in [-0.25, -0.2) is 4.39 Å². The summed E-state index contributed by atoms with van der Waals surface area (Å²) in [7, 11) is 3.08. The van der Waals surface area contributed by atoms with Crippen LogP contribution in [-0.4, -0.2) is 25.6 Å². The molecule has 1 heterocycles. The van der Waals surface area contributed by atoms with E-state index in [4.69, 9.17) is 14.2 Å². The van der Waals surface area contributed by atoms with Gasteiger partial charge in [0.05, 0.1) is 25.4 Å². The SMILES string of the molecule is COc1cc2nccc(Oc3ccc(NC=O)c(F)c3)c2cc1OC. The van der Waals surface area contributed by atoms with E-state index in [0.29, 0.717) is 34.6 Å². The monoisotopic (exact) mass is 342 g/mol. The molecule has 25 heavy (non-hydrogen) atoms. The minimum atomic E-state index is -0.595. The van der Waals surface area contributed by atoms with Crippen molar-refractivity contribution < 1.29 is 23.4 Å². The number of hydrogen-bond donors (Lipinski definition) is 1. The van der Waals surface area contributed by atoms with Crippen molar-refractivity contribution in [2.45, 2.75) is 0 Å². The molecule has 0 spiro atoms. The lowest BCUT2D eigenvalue weighted by molar-refractivity contribution is -0.105. The third-order valence-electron chi connectivity index (χ3n) is 3.59. The molecule has 128 valence electrons. The molecule has 3 rings (SSSR count). The third-order valence-corrected chi connectivity index (χ3v) is 3.59. The summed E-state index contributed by atoms with van der Waals surface area (Å²) in [5.41, 5.74) is 0.725. The molecule has 2 aromatic carbocycles. The highest BCUT2D eigenvalue weighted by atomic mass is 19.1. The normalized spacial score (nSPS) is 10.4. The van der Waals surface area contributed by atoms with E-state index >= 15 is 0 Å². The number of ether oxygens (including phenoxy) is 3. The van der Waals surface area contributed by atoms with Gasteiger partial charge in [-0.2, -0.15) is 0 Å². The average molecular weight is 342 g/mol. The first-order chi connectivity index (χ1) is 12.2. The fourth-order valence-electron chi connectivity index (χ4n) is 2.40. The van der Waals surface area contributed by atoms with Crippen molar-refractivity contribution in [3.05, 3.63) is 48.4 Å². The van der Waals surface area contributed by atoms with Crippen molar-refractivity contribution in [1.82, 2.24) is 4.98 Å². The maximum Gasteiger partial charge on any atom is 0.211 e. The summed E-state index contributed by atoms with van der Waals surface area (Å²) >= 11 is 0. The lowest BCUT2D eigenvalue weighted by Gasteiger charge is -2.12. The highest BCUT2D eigenvalue weighted by Gasteiger charge is 2.12. The summed E-state index contributed by atoms with van der Waals surface area (Å²) in [5.74, 6) is 1.26. The van der Waals surface area contributed by atoms with Crippen molar-refractivity contribution in [2.75, 3.05) is 19.5 Å². The summed E-state index contributed by atoms with van der Waals surface area (Å²) < 4.78 is 30.3. The number of amides is 1. The van der Waals surface area contributed by atoms with Crippen LogP contribution in [0.15, 0.2) is 42.6 Å². The van der Waals surface area contributed by atoms with Gasteiger partial charge in [0.1, 0.15) is 17.3 Å². The van der Waals surface area contributed by atoms with Crippen LogP contribution in [0, 0.1) is 5.82 Å². The number of methoxy groups -OCH3 is 2. The summed E-state index contributed by atoms with van der Waals surface area (Å²) in [4.78, 5) is 14.7. The van der Waals surface area contributed by atoms with E-state index in [1.54, 1.807) is 37.6 Å². The van der Waals surface area contributed by atoms with E-state index in [9.17, 15) is 9.18 Å². The second-order valence-corrected chi connectivity index (χ2v) is 5.04. The van der Waals surface area contributed by atoms with Crippen LogP contribution in [0.25, 0.3) is 10.9 Å². The van der Waals surface area contributed by atoms with Gasteiger partial charge in [0.15, 0.2) is 11.5 Å². The van der Waals surface area contributed by atoms with Gasteiger partial charge in [-0.15, -0.1) is 0 Å². The topological polar surface area (TPSA) is 69.7 Å². The standard InChI is InChI=1S/C18H15FN2O4/c1-23-17-8-12-15(9-18(17)24-2)20-6-5-16(12)25-11-3-4-14(21-10-22)13(19)7-11/h3-10H,1-2H3,(H,21,22). The quantitative estimate of drug-likeness (QED) is 0.691. The molecule has 0 aliphatic heterocycles. The zero-order valence-corrected chi connectivity index (χ0v) is 13.6. The van der Waals surface area contributed by atoms with Crippen molar-refractivity contribution in [2.24, 2.45) is 0 Å². The zero-order chi connectivity index (χ0) is 17.8. The number of benzene rings is 2. The summed E-state index contributed by atoms with van der Waals surface area (Å²) in [5, 5.41) is 2.96. The highest BCUT2D eigenvalue weighted by molar-refractivity contribution is 5.88. The molecule has 6 nitrogen and oxygen atoms in total. The Morgan fingerprint density at radius 2 is 1.80 bits per heavy atom. The molecule has 3 aromatic rings. The van der Waals surface area contributed by atoms with Crippen molar-refractivity contribution >= 4 is 23.0 Å². The number of rotatable bonds is 6. The van der Waals surface area contributed by atoms with Gasteiger partial charge in [0, 0.05) is 23.7 Å². The summed E-state index contributed by atoms with van der Waals surface area (Å²) in [6.45, 7) is 0. The molecule has 1 N–H and O–H groups in total. The second kappa shape index (κ2) is 7.04. The average Bonchev–Trinajstić information content (AvgIpc) is 2.63. The zero-order valence-electron chi connectivity index (χ0n) is 13.6. The van der Waals surface area contributed by atoms with Crippen molar-refractivity contribution in [1.29, 1.82) is 0 Å². The Balaban J connectivity index is 2.01.